The van der Waals surface area contributed by atoms with Gasteiger partial charge in [0.05, 0.1) is 12.2 Å². The summed E-state index contributed by atoms with van der Waals surface area (Å²) in [6.07, 6.45) is 3.03. The van der Waals surface area contributed by atoms with Crippen molar-refractivity contribution in [1.82, 2.24) is 15.1 Å². The molecule has 0 bridgehead atoms. The van der Waals surface area contributed by atoms with Crippen molar-refractivity contribution >= 4 is 39.6 Å². The fraction of sp³-hybridized carbons (Fsp3) is 0.609. The van der Waals surface area contributed by atoms with Crippen LogP contribution in [0.2, 0.25) is 0 Å². The van der Waals surface area contributed by atoms with Crippen LogP contribution in [-0.4, -0.2) is 34.0 Å². The van der Waals surface area contributed by atoms with E-state index < -0.39 is 11.9 Å². The number of aryl methyl sites for hydroxylation is 2. The van der Waals surface area contributed by atoms with Gasteiger partial charge in [0.2, 0.25) is 0 Å². The number of ether oxygens (including phenoxy) is 1. The number of halogens is 3. The number of alkyl halides is 3. The first kappa shape index (κ1) is 25.0. The molecule has 1 fully saturated rings. The number of fused-ring (bicyclic) bond motifs is 1. The van der Waals surface area contributed by atoms with Crippen LogP contribution >= 0.6 is 23.6 Å². The van der Waals surface area contributed by atoms with E-state index >= 15 is 0 Å². The van der Waals surface area contributed by atoms with Crippen molar-refractivity contribution in [3.05, 3.63) is 33.5 Å². The van der Waals surface area contributed by atoms with Gasteiger partial charge in [-0.05, 0) is 75.7 Å². The average molecular weight is 515 g/mol. The molecule has 1 saturated carbocycles. The first-order valence-corrected chi connectivity index (χ1v) is 13.0. The molecule has 2 aromatic heterocycles. The van der Waals surface area contributed by atoms with E-state index in [1.807, 2.05) is 0 Å². The summed E-state index contributed by atoms with van der Waals surface area (Å²) < 4.78 is 46.0. The molecule has 6 nitrogen and oxygen atoms in total. The molecule has 0 amide bonds. The van der Waals surface area contributed by atoms with Crippen molar-refractivity contribution in [3.8, 4) is 0 Å². The molecule has 2 heterocycles. The van der Waals surface area contributed by atoms with Crippen LogP contribution in [0.3, 0.4) is 0 Å². The molecule has 0 aromatic carbocycles. The van der Waals surface area contributed by atoms with Crippen molar-refractivity contribution < 1.29 is 22.7 Å². The highest BCUT2D eigenvalue weighted by Gasteiger charge is 2.37. The minimum Gasteiger partial charge on any atom is -0.462 e. The van der Waals surface area contributed by atoms with E-state index in [1.54, 1.807) is 18.3 Å². The van der Waals surface area contributed by atoms with Crippen molar-refractivity contribution in [1.29, 1.82) is 0 Å². The van der Waals surface area contributed by atoms with Gasteiger partial charge in [-0.3, -0.25) is 4.68 Å². The lowest BCUT2D eigenvalue weighted by molar-refractivity contribution is -0.141. The Hall–Kier alpha value is -2.14. The fourth-order valence-corrected chi connectivity index (χ4v) is 5.84. The van der Waals surface area contributed by atoms with Gasteiger partial charge in [0.15, 0.2) is 10.8 Å². The first-order valence-electron chi connectivity index (χ1n) is 11.8. The standard InChI is InChI=1S/C23H29F3N4O2S2/c1-2-32-21(31)19-15-7-4-3-5-8-17(15)34-20(19)28-22(33)27-11-6-12-30-16(14-9-10-14)13-18(29-30)23(24,25)26/h13-14H,2-12H2,1H3,(H2,27,28,33). The van der Waals surface area contributed by atoms with Gasteiger partial charge in [0, 0.05) is 29.6 Å². The Morgan fingerprint density at radius 1 is 1.29 bits per heavy atom. The van der Waals surface area contributed by atoms with Crippen LogP contribution in [0, 0.1) is 0 Å². The van der Waals surface area contributed by atoms with Crippen LogP contribution in [0.15, 0.2) is 6.07 Å². The predicted octanol–water partition coefficient (Wildman–Crippen LogP) is 5.66. The van der Waals surface area contributed by atoms with E-state index in [2.05, 4.69) is 15.7 Å². The van der Waals surface area contributed by atoms with Crippen molar-refractivity contribution in [2.75, 3.05) is 18.5 Å². The molecule has 0 spiro atoms. The molecule has 2 N–H and O–H groups in total. The van der Waals surface area contributed by atoms with Crippen molar-refractivity contribution in [3.63, 3.8) is 0 Å². The molecule has 0 saturated heterocycles. The van der Waals surface area contributed by atoms with Gasteiger partial charge in [0.1, 0.15) is 5.00 Å². The molecule has 2 aromatic rings. The van der Waals surface area contributed by atoms with Crippen LogP contribution in [0.4, 0.5) is 18.2 Å². The van der Waals surface area contributed by atoms with Crippen LogP contribution < -0.4 is 10.6 Å². The molecular formula is C23H29F3N4O2S2. The van der Waals surface area contributed by atoms with E-state index in [9.17, 15) is 18.0 Å². The lowest BCUT2D eigenvalue weighted by atomic mass is 10.1. The van der Waals surface area contributed by atoms with Gasteiger partial charge in [-0.2, -0.15) is 18.3 Å². The van der Waals surface area contributed by atoms with Crippen LogP contribution in [0.5, 0.6) is 0 Å². The second-order valence-corrected chi connectivity index (χ2v) is 10.2. The molecule has 2 aliphatic carbocycles. The van der Waals surface area contributed by atoms with Gasteiger partial charge < -0.3 is 15.4 Å². The zero-order chi connectivity index (χ0) is 24.3. The van der Waals surface area contributed by atoms with Gasteiger partial charge in [-0.25, -0.2) is 4.79 Å². The van der Waals surface area contributed by atoms with E-state index in [4.69, 9.17) is 17.0 Å². The zero-order valence-corrected chi connectivity index (χ0v) is 20.7. The number of carbonyl (C=O) groups excluding carboxylic acids is 1. The highest BCUT2D eigenvalue weighted by molar-refractivity contribution is 7.80. The van der Waals surface area contributed by atoms with E-state index in [0.29, 0.717) is 47.5 Å². The Morgan fingerprint density at radius 2 is 2.06 bits per heavy atom. The first-order chi connectivity index (χ1) is 16.3. The van der Waals surface area contributed by atoms with Gasteiger partial charge >= 0.3 is 12.1 Å². The smallest absolute Gasteiger partial charge is 0.435 e. The third-order valence-corrected chi connectivity index (χ3v) is 7.51. The van der Waals surface area contributed by atoms with Crippen molar-refractivity contribution in [2.45, 2.75) is 76.9 Å². The maximum Gasteiger partial charge on any atom is 0.435 e. The molecule has 34 heavy (non-hydrogen) atoms. The number of carbonyl (C=O) groups is 1. The molecule has 0 aliphatic heterocycles. The summed E-state index contributed by atoms with van der Waals surface area (Å²) in [6, 6.07) is 1.18. The molecule has 11 heteroatoms. The van der Waals surface area contributed by atoms with Crippen LogP contribution in [0.1, 0.15) is 83.6 Å². The van der Waals surface area contributed by atoms with Gasteiger partial charge in [-0.15, -0.1) is 11.3 Å². The number of thiophene rings is 1. The summed E-state index contributed by atoms with van der Waals surface area (Å²) in [7, 11) is 0. The fourth-order valence-electron chi connectivity index (χ4n) is 4.28. The van der Waals surface area contributed by atoms with E-state index in [0.717, 1.165) is 50.5 Å². The maximum absolute atomic E-state index is 13.1. The quantitative estimate of drug-likeness (QED) is 0.205. The van der Waals surface area contributed by atoms with Crippen LogP contribution in [-0.2, 0) is 30.3 Å². The number of aromatic nitrogens is 2. The SMILES string of the molecule is CCOC(=O)c1c(NC(=S)NCCCn2nc(C(F)(F)F)cc2C2CC2)sc2c1CCCCC2. The Morgan fingerprint density at radius 3 is 2.76 bits per heavy atom. The van der Waals surface area contributed by atoms with E-state index in [-0.39, 0.29) is 11.9 Å². The summed E-state index contributed by atoms with van der Waals surface area (Å²) in [5.74, 6) is -0.159. The third-order valence-electron chi connectivity index (χ3n) is 6.06. The topological polar surface area (TPSA) is 68.2 Å². The predicted molar refractivity (Wildman–Crippen MR) is 130 cm³/mol. The maximum atomic E-state index is 13.1. The Kier molecular flexibility index (Phi) is 7.81. The number of nitrogens with zero attached hydrogens (tertiary/aromatic N) is 2. The highest BCUT2D eigenvalue weighted by atomic mass is 32.1. The highest BCUT2D eigenvalue weighted by Crippen LogP contribution is 2.42. The number of esters is 1. The Bertz CT molecular complexity index is 1040. The summed E-state index contributed by atoms with van der Waals surface area (Å²) >= 11 is 6.99. The molecular weight excluding hydrogens is 485 g/mol. The van der Waals surface area contributed by atoms with Crippen LogP contribution in [0.25, 0.3) is 0 Å². The number of thiocarbonyl (C=S) groups is 1. The summed E-state index contributed by atoms with van der Waals surface area (Å²) in [4.78, 5) is 13.9. The largest absolute Gasteiger partial charge is 0.462 e. The summed E-state index contributed by atoms with van der Waals surface area (Å²) in [5.41, 5.74) is 1.48. The molecule has 0 unspecified atom stereocenters. The monoisotopic (exact) mass is 514 g/mol. The normalized spacial score (nSPS) is 16.0. The molecule has 2 aliphatic rings. The Balaban J connectivity index is 1.35. The molecule has 186 valence electrons. The molecule has 0 atom stereocenters. The van der Waals surface area contributed by atoms with E-state index in [1.165, 1.54) is 15.6 Å². The second-order valence-electron chi connectivity index (χ2n) is 8.67. The summed E-state index contributed by atoms with van der Waals surface area (Å²) in [6.45, 7) is 2.93. The average Bonchev–Trinajstić information content (AvgIpc) is 3.49. The lowest BCUT2D eigenvalue weighted by Crippen LogP contribution is -2.30. The zero-order valence-electron chi connectivity index (χ0n) is 19.1. The molecule has 4 rings (SSSR count). The number of anilines is 1. The minimum atomic E-state index is -4.44. The third kappa shape index (κ3) is 5.91. The lowest BCUT2D eigenvalue weighted by Gasteiger charge is -2.12. The number of hydrogen-bond donors (Lipinski definition) is 2. The Labute approximate surface area is 206 Å². The van der Waals surface area contributed by atoms with Gasteiger partial charge in [-0.1, -0.05) is 6.42 Å². The number of rotatable bonds is 8. The summed E-state index contributed by atoms with van der Waals surface area (Å²) in [5, 5.41) is 11.1. The minimum absolute atomic E-state index is 0.176. The van der Waals surface area contributed by atoms with Gasteiger partial charge in [0.25, 0.3) is 0 Å². The molecule has 0 radical (unpaired) electrons. The number of hydrogen-bond acceptors (Lipinski definition) is 5. The van der Waals surface area contributed by atoms with Crippen molar-refractivity contribution in [2.24, 2.45) is 0 Å². The second kappa shape index (κ2) is 10.6. The number of nitrogens with one attached hydrogen (secondary N) is 2.